The Morgan fingerprint density at radius 3 is 1.97 bits per heavy atom. The van der Waals surface area contributed by atoms with E-state index in [0.717, 1.165) is 103 Å². The number of carbonyl (C=O) groups excluding carboxylic acids is 1. The molecular formula is C44H51N9O5. The zero-order valence-corrected chi connectivity index (χ0v) is 33.3. The third-order valence-corrected chi connectivity index (χ3v) is 10.8. The summed E-state index contributed by atoms with van der Waals surface area (Å²) in [6.07, 6.45) is 5.41. The molecule has 14 heteroatoms. The van der Waals surface area contributed by atoms with E-state index in [1.54, 1.807) is 14.2 Å². The lowest BCUT2D eigenvalue weighted by atomic mass is 10.1. The van der Waals surface area contributed by atoms with E-state index in [4.69, 9.17) is 38.9 Å². The summed E-state index contributed by atoms with van der Waals surface area (Å²) < 4.78 is 21.9. The van der Waals surface area contributed by atoms with Gasteiger partial charge in [-0.15, -0.1) is 0 Å². The van der Waals surface area contributed by atoms with Gasteiger partial charge in [-0.1, -0.05) is 24.3 Å². The van der Waals surface area contributed by atoms with Crippen molar-refractivity contribution in [3.8, 4) is 22.8 Å². The summed E-state index contributed by atoms with van der Waals surface area (Å²) in [5.74, 6) is 3.67. The molecule has 5 aromatic rings. The van der Waals surface area contributed by atoms with Gasteiger partial charge in [-0.3, -0.25) is 9.69 Å². The summed E-state index contributed by atoms with van der Waals surface area (Å²) in [5.41, 5.74) is 6.53. The van der Waals surface area contributed by atoms with Crippen molar-refractivity contribution in [2.45, 2.75) is 25.9 Å². The Hall–Kier alpha value is -5.83. The monoisotopic (exact) mass is 785 g/mol. The fraction of sp³-hybridized carbons (Fsp3) is 0.386. The average molecular weight is 786 g/mol. The molecule has 1 N–H and O–H groups in total. The molecule has 0 unspecified atom stereocenters. The van der Waals surface area contributed by atoms with Crippen LogP contribution in [0.4, 0.5) is 23.4 Å². The summed E-state index contributed by atoms with van der Waals surface area (Å²) in [4.78, 5) is 42.2. The number of amides is 1. The number of morpholine rings is 2. The average Bonchev–Trinajstić information content (AvgIpc) is 3.73. The topological polar surface area (TPSA) is 131 Å². The minimum Gasteiger partial charge on any atom is -0.497 e. The van der Waals surface area contributed by atoms with Gasteiger partial charge in [0.1, 0.15) is 17.3 Å². The lowest BCUT2D eigenvalue weighted by molar-refractivity contribution is 0.0374. The molecule has 0 bridgehead atoms. The number of fused-ring (bicyclic) bond motifs is 1. The molecule has 8 rings (SSSR count). The van der Waals surface area contributed by atoms with Gasteiger partial charge in [-0.2, -0.15) is 4.98 Å². The van der Waals surface area contributed by atoms with E-state index in [1.165, 1.54) is 0 Å². The molecule has 0 atom stereocenters. The number of carbonyl (C=O) groups is 1. The van der Waals surface area contributed by atoms with Crippen molar-refractivity contribution in [1.82, 2.24) is 30.2 Å². The van der Waals surface area contributed by atoms with E-state index in [1.807, 2.05) is 60.9 Å². The number of rotatable bonds is 15. The standard InChI is InChI=1S/C44H51N9O5/c1-55-37-12-4-32(5-13-37)30-52(31-33-6-14-38(56-2)15-7-33)43-46-28-35(29-47-43)40-39-16-19-53(41(39)49-44(48-40)51-22-26-58-27-23-51)36-10-8-34(9-11-36)42(54)45-17-3-18-50-20-24-57-25-21-50/h4-15,28-29H,3,16-27,30-31H2,1-2H3,(H,45,54). The number of ether oxygens (including phenoxy) is 4. The first-order chi connectivity index (χ1) is 28.5. The molecule has 2 saturated heterocycles. The zero-order valence-electron chi connectivity index (χ0n) is 33.3. The van der Waals surface area contributed by atoms with Crippen LogP contribution >= 0.6 is 0 Å². The van der Waals surface area contributed by atoms with E-state index in [-0.39, 0.29) is 5.91 Å². The Balaban J connectivity index is 1.03. The SMILES string of the molecule is COc1ccc(CN(Cc2ccc(OC)cc2)c2ncc(-c3nc(N4CCOCC4)nc4c3CCN4c3ccc(C(=O)NCCCN4CCOCC4)cc3)cn2)cc1. The van der Waals surface area contributed by atoms with Gasteiger partial charge in [0.05, 0.1) is 46.3 Å². The number of nitrogens with zero attached hydrogens (tertiary/aromatic N) is 8. The number of anilines is 4. The highest BCUT2D eigenvalue weighted by molar-refractivity contribution is 5.94. The van der Waals surface area contributed by atoms with E-state index in [0.29, 0.717) is 63.4 Å². The largest absolute Gasteiger partial charge is 0.497 e. The van der Waals surface area contributed by atoms with Crippen LogP contribution in [0.5, 0.6) is 11.5 Å². The smallest absolute Gasteiger partial charge is 0.251 e. The zero-order chi connectivity index (χ0) is 39.7. The summed E-state index contributed by atoms with van der Waals surface area (Å²) >= 11 is 0. The van der Waals surface area contributed by atoms with Gasteiger partial charge in [0.15, 0.2) is 0 Å². The van der Waals surface area contributed by atoms with E-state index in [9.17, 15) is 4.79 Å². The molecule has 58 heavy (non-hydrogen) atoms. The highest BCUT2D eigenvalue weighted by Crippen LogP contribution is 2.39. The Kier molecular flexibility index (Phi) is 12.5. The Labute approximate surface area is 339 Å². The predicted octanol–water partition coefficient (Wildman–Crippen LogP) is 5.14. The Morgan fingerprint density at radius 2 is 1.36 bits per heavy atom. The third kappa shape index (κ3) is 9.31. The Bertz CT molecular complexity index is 2060. The molecule has 2 fully saturated rings. The minimum absolute atomic E-state index is 0.0652. The predicted molar refractivity (Wildman–Crippen MR) is 223 cm³/mol. The van der Waals surface area contributed by atoms with Crippen LogP contribution in [0, 0.1) is 0 Å². The molecule has 3 aliphatic rings. The van der Waals surface area contributed by atoms with Gasteiger partial charge < -0.3 is 39.0 Å². The molecule has 2 aromatic heterocycles. The molecule has 3 aromatic carbocycles. The molecule has 14 nitrogen and oxygen atoms in total. The minimum atomic E-state index is -0.0652. The molecule has 1 amide bonds. The second kappa shape index (κ2) is 18.6. The quantitative estimate of drug-likeness (QED) is 0.141. The number of benzene rings is 3. The maximum atomic E-state index is 13.0. The summed E-state index contributed by atoms with van der Waals surface area (Å²) in [6, 6.07) is 23.9. The van der Waals surface area contributed by atoms with Crippen LogP contribution in [0.25, 0.3) is 11.3 Å². The Morgan fingerprint density at radius 1 is 0.759 bits per heavy atom. The fourth-order valence-electron chi connectivity index (χ4n) is 7.57. The van der Waals surface area contributed by atoms with Crippen molar-refractivity contribution in [3.63, 3.8) is 0 Å². The highest BCUT2D eigenvalue weighted by Gasteiger charge is 2.30. The number of methoxy groups -OCH3 is 2. The maximum absolute atomic E-state index is 13.0. The van der Waals surface area contributed by atoms with Crippen LogP contribution in [0.1, 0.15) is 33.5 Å². The molecular weight excluding hydrogens is 735 g/mol. The van der Waals surface area contributed by atoms with Crippen LogP contribution in [0.2, 0.25) is 0 Å². The molecule has 302 valence electrons. The van der Waals surface area contributed by atoms with Gasteiger partial charge in [0.2, 0.25) is 11.9 Å². The van der Waals surface area contributed by atoms with Crippen LogP contribution in [-0.2, 0) is 29.0 Å². The molecule has 0 radical (unpaired) electrons. The van der Waals surface area contributed by atoms with E-state index in [2.05, 4.69) is 49.2 Å². The van der Waals surface area contributed by atoms with Gasteiger partial charge in [-0.05, 0) is 79.0 Å². The van der Waals surface area contributed by atoms with Gasteiger partial charge in [0.25, 0.3) is 5.91 Å². The lowest BCUT2D eigenvalue weighted by Crippen LogP contribution is -2.38. The lowest BCUT2D eigenvalue weighted by Gasteiger charge is -2.28. The molecule has 3 aliphatic heterocycles. The van der Waals surface area contributed by atoms with Crippen LogP contribution in [-0.4, -0.2) is 117 Å². The van der Waals surface area contributed by atoms with Crippen molar-refractivity contribution in [1.29, 1.82) is 0 Å². The fourth-order valence-corrected chi connectivity index (χ4v) is 7.57. The first-order valence-electron chi connectivity index (χ1n) is 20.1. The molecule has 0 spiro atoms. The van der Waals surface area contributed by atoms with Gasteiger partial charge in [0, 0.05) is 87.1 Å². The second-order valence-electron chi connectivity index (χ2n) is 14.6. The molecule has 0 saturated carbocycles. The first-order valence-corrected chi connectivity index (χ1v) is 20.1. The second-order valence-corrected chi connectivity index (χ2v) is 14.6. The molecule has 5 heterocycles. The van der Waals surface area contributed by atoms with Crippen molar-refractivity contribution in [2.24, 2.45) is 0 Å². The van der Waals surface area contributed by atoms with Crippen molar-refractivity contribution in [3.05, 3.63) is 107 Å². The molecule has 0 aliphatic carbocycles. The number of hydrogen-bond donors (Lipinski definition) is 1. The van der Waals surface area contributed by atoms with Crippen LogP contribution in [0.3, 0.4) is 0 Å². The number of nitrogens with one attached hydrogen (secondary N) is 1. The first kappa shape index (κ1) is 39.0. The van der Waals surface area contributed by atoms with E-state index >= 15 is 0 Å². The van der Waals surface area contributed by atoms with Crippen molar-refractivity contribution in [2.75, 3.05) is 101 Å². The third-order valence-electron chi connectivity index (χ3n) is 10.8. The van der Waals surface area contributed by atoms with Crippen molar-refractivity contribution >= 4 is 29.3 Å². The highest BCUT2D eigenvalue weighted by atomic mass is 16.5. The van der Waals surface area contributed by atoms with Gasteiger partial charge in [-0.25, -0.2) is 15.0 Å². The van der Waals surface area contributed by atoms with Crippen molar-refractivity contribution < 1.29 is 23.7 Å². The van der Waals surface area contributed by atoms with Crippen LogP contribution < -0.4 is 29.5 Å². The normalized spacial score (nSPS) is 15.6. The summed E-state index contributed by atoms with van der Waals surface area (Å²) in [6.45, 7) is 9.62. The number of aromatic nitrogens is 4. The van der Waals surface area contributed by atoms with E-state index < -0.39 is 0 Å². The number of hydrogen-bond acceptors (Lipinski definition) is 13. The van der Waals surface area contributed by atoms with Gasteiger partial charge >= 0.3 is 0 Å². The maximum Gasteiger partial charge on any atom is 0.251 e. The summed E-state index contributed by atoms with van der Waals surface area (Å²) in [5, 5.41) is 3.08. The van der Waals surface area contributed by atoms with Crippen LogP contribution in [0.15, 0.2) is 85.2 Å². The summed E-state index contributed by atoms with van der Waals surface area (Å²) in [7, 11) is 3.34.